The molecule has 1 aliphatic heterocycles. The average Bonchev–Trinajstić information content (AvgIpc) is 2.47. The third kappa shape index (κ3) is 6.25. The van der Waals surface area contributed by atoms with Crippen molar-refractivity contribution in [2.45, 2.75) is 51.0 Å². The maximum absolute atomic E-state index is 10.9. The Labute approximate surface area is 133 Å². The second kappa shape index (κ2) is 8.41. The molecule has 124 valence electrons. The molecule has 1 heterocycles. The van der Waals surface area contributed by atoms with E-state index in [1.54, 1.807) is 12.1 Å². The van der Waals surface area contributed by atoms with Crippen LogP contribution in [-0.2, 0) is 14.9 Å². The molecular formula is C16H25NO4S. The van der Waals surface area contributed by atoms with Gasteiger partial charge in [0.2, 0.25) is 0 Å². The molecule has 0 amide bonds. The molecule has 6 heteroatoms. The number of carbonyl (C=O) groups is 1. The maximum Gasteiger partial charge on any atom is 0.294 e. The van der Waals surface area contributed by atoms with Crippen molar-refractivity contribution in [3.05, 3.63) is 29.8 Å². The van der Waals surface area contributed by atoms with Gasteiger partial charge >= 0.3 is 0 Å². The van der Waals surface area contributed by atoms with Gasteiger partial charge in [-0.15, -0.1) is 0 Å². The highest BCUT2D eigenvalue weighted by Gasteiger charge is 2.18. The Morgan fingerprint density at radius 1 is 1.18 bits per heavy atom. The van der Waals surface area contributed by atoms with Gasteiger partial charge in [-0.1, -0.05) is 24.6 Å². The smallest absolute Gasteiger partial charge is 0.294 e. The predicted molar refractivity (Wildman–Crippen MR) is 86.6 cm³/mol. The third-order valence-electron chi connectivity index (χ3n) is 3.89. The first kappa shape index (κ1) is 18.8. The Hall–Kier alpha value is -1.24. The van der Waals surface area contributed by atoms with Crippen molar-refractivity contribution in [3.8, 4) is 0 Å². The summed E-state index contributed by atoms with van der Waals surface area (Å²) in [5.41, 5.74) is 0.956. The quantitative estimate of drug-likeness (QED) is 0.864. The van der Waals surface area contributed by atoms with Gasteiger partial charge < -0.3 is 0 Å². The molecule has 1 atom stereocenters. The van der Waals surface area contributed by atoms with E-state index in [1.165, 1.54) is 18.6 Å². The van der Waals surface area contributed by atoms with Crippen LogP contribution in [0.4, 0.5) is 0 Å². The zero-order valence-corrected chi connectivity index (χ0v) is 14.3. The zero-order chi connectivity index (χ0) is 16.8. The Morgan fingerprint density at radius 2 is 1.68 bits per heavy atom. The molecular weight excluding hydrogens is 302 g/mol. The summed E-state index contributed by atoms with van der Waals surface area (Å²) in [6.07, 6.45) is 2.73. The van der Waals surface area contributed by atoms with Crippen molar-refractivity contribution in [3.63, 3.8) is 0 Å². The average molecular weight is 327 g/mol. The van der Waals surface area contributed by atoms with E-state index in [0.717, 1.165) is 31.5 Å². The number of ketones is 1. The zero-order valence-electron chi connectivity index (χ0n) is 13.4. The normalized spacial score (nSPS) is 17.5. The summed E-state index contributed by atoms with van der Waals surface area (Å²) in [6, 6.07) is 6.64. The lowest BCUT2D eigenvalue weighted by Gasteiger charge is -2.30. The van der Waals surface area contributed by atoms with Gasteiger partial charge in [0.1, 0.15) is 5.78 Å². The molecule has 1 aromatic rings. The van der Waals surface area contributed by atoms with E-state index >= 15 is 0 Å². The highest BCUT2D eigenvalue weighted by molar-refractivity contribution is 7.85. The number of nitrogens with zero attached hydrogens (tertiary/aromatic N) is 1. The molecule has 0 saturated carbocycles. The molecule has 0 aromatic heterocycles. The number of hydrogen-bond donors (Lipinski definition) is 1. The summed E-state index contributed by atoms with van der Waals surface area (Å²) >= 11 is 0. The Balaban J connectivity index is 0.000000220. The van der Waals surface area contributed by atoms with Gasteiger partial charge in [0, 0.05) is 32.0 Å². The number of rotatable bonds is 3. The fourth-order valence-corrected chi connectivity index (χ4v) is 2.66. The fourth-order valence-electron chi connectivity index (χ4n) is 2.18. The van der Waals surface area contributed by atoms with Crippen LogP contribution >= 0.6 is 0 Å². The first-order valence-electron chi connectivity index (χ1n) is 7.54. The molecule has 1 saturated heterocycles. The van der Waals surface area contributed by atoms with Crippen LogP contribution in [0.3, 0.4) is 0 Å². The van der Waals surface area contributed by atoms with E-state index in [0.29, 0.717) is 11.8 Å². The Morgan fingerprint density at radius 3 is 2.09 bits per heavy atom. The van der Waals surface area contributed by atoms with Crippen LogP contribution in [0.5, 0.6) is 0 Å². The van der Waals surface area contributed by atoms with Gasteiger partial charge in [-0.05, 0) is 32.4 Å². The van der Waals surface area contributed by atoms with Gasteiger partial charge in [-0.3, -0.25) is 14.2 Å². The van der Waals surface area contributed by atoms with E-state index in [1.807, 2.05) is 6.92 Å². The molecule has 0 aliphatic carbocycles. The highest BCUT2D eigenvalue weighted by atomic mass is 32.2. The predicted octanol–water partition coefficient (Wildman–Crippen LogP) is 2.69. The molecule has 5 nitrogen and oxygen atoms in total. The highest BCUT2D eigenvalue weighted by Crippen LogP contribution is 2.11. The SMILES string of the molecule is CCC(C)N1CCC(=O)CC1.Cc1ccc(S(=O)(=O)O)cc1. The molecule has 1 aliphatic rings. The van der Waals surface area contributed by atoms with Crippen LogP contribution in [-0.4, -0.2) is 42.8 Å². The summed E-state index contributed by atoms with van der Waals surface area (Å²) in [4.78, 5) is 13.2. The summed E-state index contributed by atoms with van der Waals surface area (Å²) in [5, 5.41) is 0. The molecule has 1 N–H and O–H groups in total. The lowest BCUT2D eigenvalue weighted by molar-refractivity contribution is -0.121. The van der Waals surface area contributed by atoms with Crippen molar-refractivity contribution in [1.82, 2.24) is 4.90 Å². The Bertz CT molecular complexity index is 571. The van der Waals surface area contributed by atoms with Crippen LogP contribution in [0.15, 0.2) is 29.2 Å². The first-order valence-corrected chi connectivity index (χ1v) is 8.98. The molecule has 2 rings (SSSR count). The summed E-state index contributed by atoms with van der Waals surface area (Å²) < 4.78 is 29.6. The molecule has 1 aromatic carbocycles. The number of Topliss-reactive ketones (excluding diaryl/α,β-unsaturated/α-hetero) is 1. The molecule has 0 bridgehead atoms. The maximum atomic E-state index is 10.9. The topological polar surface area (TPSA) is 74.7 Å². The van der Waals surface area contributed by atoms with Gasteiger partial charge in [0.25, 0.3) is 10.1 Å². The monoisotopic (exact) mass is 327 g/mol. The van der Waals surface area contributed by atoms with E-state index in [2.05, 4.69) is 18.7 Å². The first-order chi connectivity index (χ1) is 10.2. The lowest BCUT2D eigenvalue weighted by atomic mass is 10.1. The van der Waals surface area contributed by atoms with Crippen molar-refractivity contribution in [2.24, 2.45) is 0 Å². The van der Waals surface area contributed by atoms with Crippen LogP contribution in [0.25, 0.3) is 0 Å². The number of piperidine rings is 1. The number of hydrogen-bond acceptors (Lipinski definition) is 4. The van der Waals surface area contributed by atoms with Crippen LogP contribution < -0.4 is 0 Å². The van der Waals surface area contributed by atoms with Crippen LogP contribution in [0.1, 0.15) is 38.7 Å². The fraction of sp³-hybridized carbons (Fsp3) is 0.562. The second-order valence-electron chi connectivity index (χ2n) is 5.62. The van der Waals surface area contributed by atoms with Crippen LogP contribution in [0, 0.1) is 6.92 Å². The lowest BCUT2D eigenvalue weighted by Crippen LogP contribution is -2.39. The molecule has 0 spiro atoms. The number of benzene rings is 1. The van der Waals surface area contributed by atoms with E-state index in [4.69, 9.17) is 4.55 Å². The van der Waals surface area contributed by atoms with Crippen molar-refractivity contribution >= 4 is 15.9 Å². The minimum Gasteiger partial charge on any atom is -0.300 e. The summed E-state index contributed by atoms with van der Waals surface area (Å²) in [5.74, 6) is 0.435. The molecule has 22 heavy (non-hydrogen) atoms. The van der Waals surface area contributed by atoms with Gasteiger partial charge in [0.05, 0.1) is 4.90 Å². The largest absolute Gasteiger partial charge is 0.300 e. The van der Waals surface area contributed by atoms with Crippen LogP contribution in [0.2, 0.25) is 0 Å². The van der Waals surface area contributed by atoms with Gasteiger partial charge in [-0.2, -0.15) is 8.42 Å². The van der Waals surface area contributed by atoms with E-state index in [9.17, 15) is 13.2 Å². The van der Waals surface area contributed by atoms with Gasteiger partial charge in [-0.25, -0.2) is 0 Å². The number of carbonyl (C=O) groups excluding carboxylic acids is 1. The molecule has 0 radical (unpaired) electrons. The van der Waals surface area contributed by atoms with E-state index in [-0.39, 0.29) is 4.90 Å². The minimum absolute atomic E-state index is 0.0666. The van der Waals surface area contributed by atoms with Crippen molar-refractivity contribution in [1.29, 1.82) is 0 Å². The number of aryl methyl sites for hydroxylation is 1. The van der Waals surface area contributed by atoms with Gasteiger partial charge in [0.15, 0.2) is 0 Å². The number of likely N-dealkylation sites (tertiary alicyclic amines) is 1. The van der Waals surface area contributed by atoms with Crippen molar-refractivity contribution in [2.75, 3.05) is 13.1 Å². The summed E-state index contributed by atoms with van der Waals surface area (Å²) in [7, 11) is -4.02. The van der Waals surface area contributed by atoms with E-state index < -0.39 is 10.1 Å². The minimum atomic E-state index is -4.02. The van der Waals surface area contributed by atoms with Crippen molar-refractivity contribution < 1.29 is 17.8 Å². The molecule has 1 fully saturated rings. The Kier molecular flexibility index (Phi) is 7.19. The second-order valence-corrected chi connectivity index (χ2v) is 7.04. The standard InChI is InChI=1S/C9H17NO.C7H8O3S/c1-3-8(2)10-6-4-9(11)5-7-10;1-6-2-4-7(5-3-6)11(8,9)10/h8H,3-7H2,1-2H3;2-5H,1H3,(H,8,9,10). The third-order valence-corrected chi connectivity index (χ3v) is 4.76. The summed E-state index contributed by atoms with van der Waals surface area (Å²) in [6.45, 7) is 8.23. The molecule has 1 unspecified atom stereocenters.